The van der Waals surface area contributed by atoms with Gasteiger partial charge in [-0.15, -0.1) is 0 Å². The highest BCUT2D eigenvalue weighted by atomic mass is 16.5. The van der Waals surface area contributed by atoms with Crippen molar-refractivity contribution in [2.75, 3.05) is 35.7 Å². The average Bonchev–Trinajstić information content (AvgIpc) is 2.66. The van der Waals surface area contributed by atoms with E-state index < -0.39 is 0 Å². The summed E-state index contributed by atoms with van der Waals surface area (Å²) in [6, 6.07) is 9.26. The summed E-state index contributed by atoms with van der Waals surface area (Å²) in [5.74, 6) is 1.64. The minimum absolute atomic E-state index is 0.126. The first-order valence-electron chi connectivity index (χ1n) is 8.31. The summed E-state index contributed by atoms with van der Waals surface area (Å²) >= 11 is 0. The van der Waals surface area contributed by atoms with E-state index in [1.165, 1.54) is 0 Å². The molecule has 0 fully saturated rings. The van der Waals surface area contributed by atoms with Gasteiger partial charge in [-0.1, -0.05) is 0 Å². The summed E-state index contributed by atoms with van der Waals surface area (Å²) in [6.07, 6.45) is 1.70. The number of rotatable bonds is 4. The number of nitrogens with one attached hydrogen (secondary N) is 2. The molecule has 0 radical (unpaired) electrons. The van der Waals surface area contributed by atoms with Crippen LogP contribution in [0.3, 0.4) is 0 Å². The second-order valence-electron chi connectivity index (χ2n) is 5.79. The van der Waals surface area contributed by atoms with Crippen LogP contribution in [-0.2, 0) is 4.79 Å². The Morgan fingerprint density at radius 1 is 1.31 bits per heavy atom. The summed E-state index contributed by atoms with van der Waals surface area (Å²) < 4.78 is 5.26. The second-order valence-corrected chi connectivity index (χ2v) is 5.79. The van der Waals surface area contributed by atoms with Crippen molar-refractivity contribution in [3.63, 3.8) is 0 Å². The molecule has 3 aromatic rings. The summed E-state index contributed by atoms with van der Waals surface area (Å²) in [5.41, 5.74) is 2.87. The zero-order valence-electron chi connectivity index (χ0n) is 14.5. The van der Waals surface area contributed by atoms with Crippen LogP contribution in [0.1, 0.15) is 6.92 Å². The van der Waals surface area contributed by atoms with Crippen molar-refractivity contribution in [2.45, 2.75) is 6.92 Å². The molecule has 132 valence electrons. The van der Waals surface area contributed by atoms with Crippen LogP contribution < -0.4 is 20.3 Å². The molecule has 0 atom stereocenters. The Hall–Kier alpha value is -3.42. The van der Waals surface area contributed by atoms with Crippen LogP contribution in [0.4, 0.5) is 23.1 Å². The summed E-state index contributed by atoms with van der Waals surface area (Å²) in [5, 5.41) is 6.02. The van der Waals surface area contributed by atoms with Gasteiger partial charge in [0.05, 0.1) is 24.0 Å². The Balaban J connectivity index is 1.91. The summed E-state index contributed by atoms with van der Waals surface area (Å²) in [6.45, 7) is 2.82. The number of benzene rings is 1. The molecule has 0 aliphatic carbocycles. The Morgan fingerprint density at radius 2 is 2.19 bits per heavy atom. The van der Waals surface area contributed by atoms with Crippen molar-refractivity contribution in [2.24, 2.45) is 0 Å². The van der Waals surface area contributed by atoms with E-state index in [1.54, 1.807) is 19.4 Å². The molecule has 1 aromatic carbocycles. The number of anilines is 4. The molecular formula is C18H18N6O2. The smallest absolute Gasteiger partial charge is 0.244 e. The van der Waals surface area contributed by atoms with Crippen LogP contribution >= 0.6 is 0 Å². The van der Waals surface area contributed by atoms with Gasteiger partial charge in [0, 0.05) is 18.8 Å². The third-order valence-corrected chi connectivity index (χ3v) is 4.10. The zero-order chi connectivity index (χ0) is 18.1. The third kappa shape index (κ3) is 2.75. The fourth-order valence-corrected chi connectivity index (χ4v) is 2.96. The molecule has 8 nitrogen and oxygen atoms in total. The van der Waals surface area contributed by atoms with Gasteiger partial charge in [0.2, 0.25) is 11.9 Å². The summed E-state index contributed by atoms with van der Waals surface area (Å²) in [7, 11) is 1.59. The van der Waals surface area contributed by atoms with Gasteiger partial charge in [0.25, 0.3) is 0 Å². The maximum atomic E-state index is 12.3. The fraction of sp³-hybridized carbons (Fsp3) is 0.222. The molecule has 2 aromatic heterocycles. The molecule has 0 bridgehead atoms. The molecule has 8 heteroatoms. The van der Waals surface area contributed by atoms with E-state index in [9.17, 15) is 4.79 Å². The van der Waals surface area contributed by atoms with Gasteiger partial charge in [-0.25, -0.2) is 4.98 Å². The highest BCUT2D eigenvalue weighted by molar-refractivity contribution is 6.05. The number of methoxy groups -OCH3 is 1. The Bertz CT molecular complexity index is 991. The molecule has 26 heavy (non-hydrogen) atoms. The third-order valence-electron chi connectivity index (χ3n) is 4.10. The molecule has 3 heterocycles. The second kappa shape index (κ2) is 6.47. The number of nitrogens with zero attached hydrogens (tertiary/aromatic N) is 4. The van der Waals surface area contributed by atoms with Crippen molar-refractivity contribution in [1.29, 1.82) is 0 Å². The quantitative estimate of drug-likeness (QED) is 0.747. The van der Waals surface area contributed by atoms with E-state index in [0.29, 0.717) is 35.3 Å². The van der Waals surface area contributed by atoms with Crippen LogP contribution in [0.15, 0.2) is 36.5 Å². The highest BCUT2D eigenvalue weighted by Gasteiger charge is 2.27. The van der Waals surface area contributed by atoms with E-state index in [-0.39, 0.29) is 12.5 Å². The van der Waals surface area contributed by atoms with Crippen LogP contribution in [0, 0.1) is 0 Å². The monoisotopic (exact) mass is 350 g/mol. The van der Waals surface area contributed by atoms with Crippen molar-refractivity contribution in [3.8, 4) is 5.75 Å². The number of hydrogen-bond acceptors (Lipinski definition) is 7. The molecule has 0 unspecified atom stereocenters. The van der Waals surface area contributed by atoms with E-state index in [1.807, 2.05) is 36.1 Å². The van der Waals surface area contributed by atoms with Gasteiger partial charge < -0.3 is 20.3 Å². The van der Waals surface area contributed by atoms with Crippen LogP contribution in [0.2, 0.25) is 0 Å². The Labute approximate surface area is 150 Å². The molecule has 0 saturated carbocycles. The van der Waals surface area contributed by atoms with Gasteiger partial charge in [0.1, 0.15) is 17.8 Å². The first-order valence-corrected chi connectivity index (χ1v) is 8.31. The van der Waals surface area contributed by atoms with Gasteiger partial charge in [0.15, 0.2) is 5.82 Å². The van der Waals surface area contributed by atoms with Gasteiger partial charge in [-0.05, 0) is 31.2 Å². The standard InChI is InChI=1S/C18H18N6O2/c1-3-19-18-22-12-5-4-8-20-16(12)17(23-18)24-10-15(25)21-13-9-11(26-2)6-7-14(13)24/h4-9H,3,10H2,1-2H3,(H,21,25)(H,19,22,23). The predicted octanol–water partition coefficient (Wildman–Crippen LogP) is 2.56. The van der Waals surface area contributed by atoms with E-state index in [4.69, 9.17) is 4.74 Å². The lowest BCUT2D eigenvalue weighted by Crippen LogP contribution is -2.35. The zero-order valence-corrected chi connectivity index (χ0v) is 14.5. The number of carbonyl (C=O) groups is 1. The fourth-order valence-electron chi connectivity index (χ4n) is 2.96. The first kappa shape index (κ1) is 16.1. The van der Waals surface area contributed by atoms with Crippen LogP contribution in [0.5, 0.6) is 5.75 Å². The first-order chi connectivity index (χ1) is 12.7. The molecule has 4 rings (SSSR count). The van der Waals surface area contributed by atoms with Crippen molar-refractivity contribution >= 4 is 40.1 Å². The molecule has 0 saturated heterocycles. The van der Waals surface area contributed by atoms with E-state index in [0.717, 1.165) is 11.2 Å². The number of ether oxygens (including phenoxy) is 1. The predicted molar refractivity (Wildman–Crippen MR) is 100 cm³/mol. The molecule has 0 spiro atoms. The van der Waals surface area contributed by atoms with Gasteiger partial charge >= 0.3 is 0 Å². The normalized spacial score (nSPS) is 13.3. The minimum atomic E-state index is -0.126. The molecular weight excluding hydrogens is 332 g/mol. The van der Waals surface area contributed by atoms with Crippen LogP contribution in [0.25, 0.3) is 11.0 Å². The van der Waals surface area contributed by atoms with E-state index >= 15 is 0 Å². The molecule has 1 aliphatic rings. The van der Waals surface area contributed by atoms with Crippen molar-refractivity contribution < 1.29 is 9.53 Å². The molecule has 2 N–H and O–H groups in total. The lowest BCUT2D eigenvalue weighted by molar-refractivity contribution is -0.115. The summed E-state index contributed by atoms with van der Waals surface area (Å²) in [4.78, 5) is 27.7. The van der Waals surface area contributed by atoms with Crippen molar-refractivity contribution in [3.05, 3.63) is 36.5 Å². The largest absolute Gasteiger partial charge is 0.497 e. The maximum absolute atomic E-state index is 12.3. The van der Waals surface area contributed by atoms with Gasteiger partial charge in [-0.3, -0.25) is 9.78 Å². The van der Waals surface area contributed by atoms with E-state index in [2.05, 4.69) is 25.6 Å². The number of amides is 1. The Morgan fingerprint density at radius 3 is 3.00 bits per heavy atom. The van der Waals surface area contributed by atoms with Crippen LogP contribution in [-0.4, -0.2) is 41.1 Å². The van der Waals surface area contributed by atoms with Gasteiger partial charge in [-0.2, -0.15) is 4.98 Å². The average molecular weight is 350 g/mol. The minimum Gasteiger partial charge on any atom is -0.497 e. The number of hydrogen-bond donors (Lipinski definition) is 2. The Kier molecular flexibility index (Phi) is 4.00. The molecule has 1 aliphatic heterocycles. The lowest BCUT2D eigenvalue weighted by atomic mass is 10.1. The number of aromatic nitrogens is 3. The highest BCUT2D eigenvalue weighted by Crippen LogP contribution is 2.38. The number of pyridine rings is 1. The molecule has 1 amide bonds. The topological polar surface area (TPSA) is 92.3 Å². The lowest BCUT2D eigenvalue weighted by Gasteiger charge is -2.30. The number of carbonyl (C=O) groups excluding carboxylic acids is 1. The maximum Gasteiger partial charge on any atom is 0.244 e. The number of fused-ring (bicyclic) bond motifs is 2. The SMILES string of the molecule is CCNc1nc(N2CC(=O)Nc3cc(OC)ccc32)c2ncccc2n1. The van der Waals surface area contributed by atoms with Crippen molar-refractivity contribution in [1.82, 2.24) is 15.0 Å².